The molecular formula is C15H16N4O2. The molecule has 0 fully saturated rings. The predicted octanol–water partition coefficient (Wildman–Crippen LogP) is 1.33. The second kappa shape index (κ2) is 5.05. The number of aryl methyl sites for hydroxylation is 2. The molecule has 21 heavy (non-hydrogen) atoms. The van der Waals surface area contributed by atoms with Gasteiger partial charge in [-0.05, 0) is 19.4 Å². The molecule has 0 unspecified atom stereocenters. The van der Waals surface area contributed by atoms with Gasteiger partial charge in [0, 0.05) is 13.0 Å². The summed E-state index contributed by atoms with van der Waals surface area (Å²) in [5.74, 6) is 0.675. The molecule has 3 rings (SSSR count). The van der Waals surface area contributed by atoms with Crippen molar-refractivity contribution in [2.24, 2.45) is 0 Å². The normalized spacial score (nSPS) is 11.1. The number of aromatic amines is 2. The SMILES string of the molecule is CCn1c(=O)[nH]c(=O)c2[nH]c(Cc3cccc(C)c3)nc21. The zero-order valence-corrected chi connectivity index (χ0v) is 11.9. The Morgan fingerprint density at radius 2 is 2.05 bits per heavy atom. The summed E-state index contributed by atoms with van der Waals surface area (Å²) in [4.78, 5) is 33.3. The summed E-state index contributed by atoms with van der Waals surface area (Å²) in [6.45, 7) is 4.33. The average Bonchev–Trinajstić information content (AvgIpc) is 2.83. The van der Waals surface area contributed by atoms with Crippen molar-refractivity contribution in [1.82, 2.24) is 19.5 Å². The van der Waals surface area contributed by atoms with Crippen LogP contribution in [0.25, 0.3) is 11.2 Å². The van der Waals surface area contributed by atoms with Gasteiger partial charge in [0.1, 0.15) is 11.3 Å². The highest BCUT2D eigenvalue weighted by molar-refractivity contribution is 5.69. The number of nitrogens with one attached hydrogen (secondary N) is 2. The Morgan fingerprint density at radius 3 is 2.76 bits per heavy atom. The minimum absolute atomic E-state index is 0.346. The van der Waals surface area contributed by atoms with E-state index in [1.807, 2.05) is 32.0 Å². The van der Waals surface area contributed by atoms with Gasteiger partial charge in [-0.25, -0.2) is 9.78 Å². The Hall–Kier alpha value is -2.63. The molecule has 6 heteroatoms. The first-order valence-corrected chi connectivity index (χ1v) is 6.85. The third-order valence-corrected chi connectivity index (χ3v) is 3.45. The minimum atomic E-state index is -0.428. The van der Waals surface area contributed by atoms with E-state index in [-0.39, 0.29) is 0 Å². The van der Waals surface area contributed by atoms with Crippen LogP contribution in [0.4, 0.5) is 0 Å². The minimum Gasteiger partial charge on any atom is -0.336 e. The number of hydrogen-bond donors (Lipinski definition) is 2. The van der Waals surface area contributed by atoms with Crippen LogP contribution in [0.15, 0.2) is 33.9 Å². The van der Waals surface area contributed by atoms with Gasteiger partial charge in [0.15, 0.2) is 5.65 Å². The van der Waals surface area contributed by atoms with Gasteiger partial charge in [0.05, 0.1) is 0 Å². The lowest BCUT2D eigenvalue weighted by Crippen LogP contribution is -2.29. The fourth-order valence-electron chi connectivity index (χ4n) is 2.48. The standard InChI is InChI=1S/C15H16N4O2/c1-3-19-13-12(14(20)18-15(19)21)16-11(17-13)8-10-6-4-5-9(2)7-10/h4-7H,3,8H2,1-2H3,(H,16,17)(H,18,20,21). The number of benzene rings is 1. The number of fused-ring (bicyclic) bond motifs is 1. The van der Waals surface area contributed by atoms with Crippen molar-refractivity contribution in [3.8, 4) is 0 Å². The van der Waals surface area contributed by atoms with Crippen LogP contribution < -0.4 is 11.2 Å². The van der Waals surface area contributed by atoms with E-state index in [0.29, 0.717) is 30.0 Å². The molecule has 0 saturated carbocycles. The molecule has 2 heterocycles. The summed E-state index contributed by atoms with van der Waals surface area (Å²) in [5.41, 5.74) is 2.18. The number of rotatable bonds is 3. The molecule has 108 valence electrons. The van der Waals surface area contributed by atoms with Crippen molar-refractivity contribution in [3.05, 3.63) is 62.1 Å². The maximum atomic E-state index is 11.8. The molecule has 6 nitrogen and oxygen atoms in total. The quantitative estimate of drug-likeness (QED) is 0.761. The van der Waals surface area contributed by atoms with Gasteiger partial charge in [-0.1, -0.05) is 29.8 Å². The average molecular weight is 284 g/mol. The van der Waals surface area contributed by atoms with Gasteiger partial charge in [-0.2, -0.15) is 0 Å². The van der Waals surface area contributed by atoms with Crippen LogP contribution in [-0.2, 0) is 13.0 Å². The van der Waals surface area contributed by atoms with E-state index in [9.17, 15) is 9.59 Å². The van der Waals surface area contributed by atoms with Crippen molar-refractivity contribution in [1.29, 1.82) is 0 Å². The van der Waals surface area contributed by atoms with Crippen LogP contribution in [0.2, 0.25) is 0 Å². The molecule has 3 aromatic rings. The lowest BCUT2D eigenvalue weighted by Gasteiger charge is -2.00. The Labute approximate surface area is 120 Å². The second-order valence-electron chi connectivity index (χ2n) is 5.05. The third kappa shape index (κ3) is 2.40. The number of aromatic nitrogens is 4. The van der Waals surface area contributed by atoms with E-state index in [2.05, 4.69) is 21.0 Å². The Kier molecular flexibility index (Phi) is 3.21. The molecule has 0 aliphatic heterocycles. The summed E-state index contributed by atoms with van der Waals surface area (Å²) in [6, 6.07) is 8.10. The van der Waals surface area contributed by atoms with E-state index < -0.39 is 11.2 Å². The maximum Gasteiger partial charge on any atom is 0.330 e. The van der Waals surface area contributed by atoms with Crippen LogP contribution >= 0.6 is 0 Å². The monoisotopic (exact) mass is 284 g/mol. The van der Waals surface area contributed by atoms with E-state index in [1.54, 1.807) is 0 Å². The summed E-state index contributed by atoms with van der Waals surface area (Å²) in [5, 5.41) is 0. The van der Waals surface area contributed by atoms with Crippen LogP contribution in [0.5, 0.6) is 0 Å². The topological polar surface area (TPSA) is 83.5 Å². The van der Waals surface area contributed by atoms with Crippen molar-refractivity contribution >= 4 is 11.2 Å². The molecule has 0 amide bonds. The molecule has 0 saturated heterocycles. The maximum absolute atomic E-state index is 11.8. The number of imidazole rings is 1. The van der Waals surface area contributed by atoms with E-state index in [1.165, 1.54) is 10.1 Å². The highest BCUT2D eigenvalue weighted by Crippen LogP contribution is 2.11. The zero-order valence-electron chi connectivity index (χ0n) is 11.9. The van der Waals surface area contributed by atoms with Gasteiger partial charge < -0.3 is 4.98 Å². The van der Waals surface area contributed by atoms with E-state index >= 15 is 0 Å². The first-order chi connectivity index (χ1) is 10.1. The fraction of sp³-hybridized carbons (Fsp3) is 0.267. The smallest absolute Gasteiger partial charge is 0.330 e. The summed E-state index contributed by atoms with van der Waals surface area (Å²) in [7, 11) is 0. The lowest BCUT2D eigenvalue weighted by atomic mass is 10.1. The first kappa shape index (κ1) is 13.4. The van der Waals surface area contributed by atoms with Crippen molar-refractivity contribution in [2.75, 3.05) is 0 Å². The number of H-pyrrole nitrogens is 2. The van der Waals surface area contributed by atoms with Crippen LogP contribution in [0.3, 0.4) is 0 Å². The molecule has 1 aromatic carbocycles. The molecule has 2 N–H and O–H groups in total. The first-order valence-electron chi connectivity index (χ1n) is 6.85. The predicted molar refractivity (Wildman–Crippen MR) is 80.6 cm³/mol. The van der Waals surface area contributed by atoms with Crippen molar-refractivity contribution in [2.45, 2.75) is 26.8 Å². The van der Waals surface area contributed by atoms with Gasteiger partial charge in [0.2, 0.25) is 0 Å². The lowest BCUT2D eigenvalue weighted by molar-refractivity contribution is 0.719. The van der Waals surface area contributed by atoms with Crippen molar-refractivity contribution in [3.63, 3.8) is 0 Å². The van der Waals surface area contributed by atoms with E-state index in [0.717, 1.165) is 5.56 Å². The molecule has 0 aliphatic rings. The van der Waals surface area contributed by atoms with Crippen molar-refractivity contribution < 1.29 is 0 Å². The zero-order chi connectivity index (χ0) is 15.0. The largest absolute Gasteiger partial charge is 0.336 e. The summed E-state index contributed by atoms with van der Waals surface area (Å²) < 4.78 is 1.45. The molecule has 2 aromatic heterocycles. The summed E-state index contributed by atoms with van der Waals surface area (Å²) >= 11 is 0. The Morgan fingerprint density at radius 1 is 1.24 bits per heavy atom. The molecule has 0 aliphatic carbocycles. The highest BCUT2D eigenvalue weighted by atomic mass is 16.2. The molecule has 0 atom stereocenters. The summed E-state index contributed by atoms with van der Waals surface area (Å²) in [6.07, 6.45) is 0.591. The van der Waals surface area contributed by atoms with Gasteiger partial charge in [-0.3, -0.25) is 14.3 Å². The Balaban J connectivity index is 2.11. The highest BCUT2D eigenvalue weighted by Gasteiger charge is 2.12. The second-order valence-corrected chi connectivity index (χ2v) is 5.05. The number of nitrogens with zero attached hydrogens (tertiary/aromatic N) is 2. The third-order valence-electron chi connectivity index (χ3n) is 3.45. The Bertz CT molecular complexity index is 917. The van der Waals surface area contributed by atoms with Gasteiger partial charge in [-0.15, -0.1) is 0 Å². The van der Waals surface area contributed by atoms with Crippen LogP contribution in [0, 0.1) is 6.92 Å². The number of hydrogen-bond acceptors (Lipinski definition) is 3. The molecular weight excluding hydrogens is 268 g/mol. The molecule has 0 radical (unpaired) electrons. The van der Waals surface area contributed by atoms with Gasteiger partial charge >= 0.3 is 5.69 Å². The van der Waals surface area contributed by atoms with E-state index in [4.69, 9.17) is 0 Å². The molecule has 0 spiro atoms. The fourth-order valence-corrected chi connectivity index (χ4v) is 2.48. The van der Waals surface area contributed by atoms with Crippen LogP contribution in [-0.4, -0.2) is 19.5 Å². The molecule has 0 bridgehead atoms. The van der Waals surface area contributed by atoms with Crippen LogP contribution in [0.1, 0.15) is 23.9 Å². The van der Waals surface area contributed by atoms with Gasteiger partial charge in [0.25, 0.3) is 5.56 Å².